The van der Waals surface area contributed by atoms with Crippen LogP contribution in [0.2, 0.25) is 0 Å². The van der Waals surface area contributed by atoms with E-state index in [1.807, 2.05) is 42.5 Å². The molecule has 0 saturated heterocycles. The highest BCUT2D eigenvalue weighted by molar-refractivity contribution is 9.10. The van der Waals surface area contributed by atoms with Crippen molar-refractivity contribution in [3.8, 4) is 5.75 Å². The zero-order valence-electron chi connectivity index (χ0n) is 10.1. The summed E-state index contributed by atoms with van der Waals surface area (Å²) < 4.78 is 6.18. The van der Waals surface area contributed by atoms with Crippen LogP contribution >= 0.6 is 15.9 Å². The van der Waals surface area contributed by atoms with E-state index in [9.17, 15) is 0 Å². The average molecular weight is 307 g/mol. The second-order valence-electron chi connectivity index (χ2n) is 3.93. The third-order valence-electron chi connectivity index (χ3n) is 2.80. The molecule has 2 aromatic carbocycles. The molecule has 0 aliphatic carbocycles. The first-order valence-corrected chi connectivity index (χ1v) is 6.39. The minimum absolute atomic E-state index is 0.0339. The Morgan fingerprint density at radius 2 is 1.83 bits per heavy atom. The molecule has 2 aromatic rings. The molecule has 4 heteroatoms. The van der Waals surface area contributed by atoms with Crippen LogP contribution < -0.4 is 16.0 Å². The van der Waals surface area contributed by atoms with Gasteiger partial charge in [-0.05, 0) is 35.4 Å². The molecule has 0 bridgehead atoms. The van der Waals surface area contributed by atoms with E-state index >= 15 is 0 Å². The molecule has 1 atom stereocenters. The van der Waals surface area contributed by atoms with Gasteiger partial charge in [0.05, 0.1) is 13.2 Å². The van der Waals surface area contributed by atoms with Crippen LogP contribution in [0.4, 0.5) is 0 Å². The zero-order valence-corrected chi connectivity index (χ0v) is 11.6. The molecule has 0 heterocycles. The smallest absolute Gasteiger partial charge is 0.118 e. The maximum Gasteiger partial charge on any atom is 0.118 e. The molecule has 18 heavy (non-hydrogen) atoms. The largest absolute Gasteiger partial charge is 0.497 e. The van der Waals surface area contributed by atoms with Crippen LogP contribution in [0.15, 0.2) is 53.0 Å². The summed E-state index contributed by atoms with van der Waals surface area (Å²) in [4.78, 5) is 0. The van der Waals surface area contributed by atoms with Crippen molar-refractivity contribution in [2.75, 3.05) is 7.11 Å². The number of ether oxygens (including phenoxy) is 1. The van der Waals surface area contributed by atoms with Crippen LogP contribution in [0.25, 0.3) is 0 Å². The highest BCUT2D eigenvalue weighted by Crippen LogP contribution is 2.25. The predicted molar refractivity (Wildman–Crippen MR) is 76.3 cm³/mol. The van der Waals surface area contributed by atoms with Crippen molar-refractivity contribution in [2.45, 2.75) is 6.04 Å². The molecule has 3 nitrogen and oxygen atoms in total. The van der Waals surface area contributed by atoms with E-state index in [2.05, 4.69) is 27.4 Å². The summed E-state index contributed by atoms with van der Waals surface area (Å²) >= 11 is 3.47. The minimum atomic E-state index is -0.0339. The fourth-order valence-corrected chi connectivity index (χ4v) is 2.28. The molecular formula is C14H15BrN2O. The first-order chi connectivity index (χ1) is 8.74. The molecule has 1 unspecified atom stereocenters. The molecule has 0 aliphatic heterocycles. The van der Waals surface area contributed by atoms with Crippen LogP contribution in [-0.4, -0.2) is 7.11 Å². The Hall–Kier alpha value is -1.36. The number of methoxy groups -OCH3 is 1. The summed E-state index contributed by atoms with van der Waals surface area (Å²) in [5.74, 6) is 6.50. The third kappa shape index (κ3) is 2.90. The number of hydrazine groups is 1. The van der Waals surface area contributed by atoms with Crippen molar-refractivity contribution in [1.29, 1.82) is 0 Å². The van der Waals surface area contributed by atoms with E-state index < -0.39 is 0 Å². The lowest BCUT2D eigenvalue weighted by molar-refractivity contribution is 0.414. The molecule has 0 radical (unpaired) electrons. The maximum absolute atomic E-state index is 5.66. The van der Waals surface area contributed by atoms with Gasteiger partial charge in [0.1, 0.15) is 5.75 Å². The Bertz CT molecular complexity index is 513. The molecule has 0 aliphatic rings. The van der Waals surface area contributed by atoms with Gasteiger partial charge in [-0.2, -0.15) is 0 Å². The number of hydrogen-bond acceptors (Lipinski definition) is 3. The fraction of sp³-hybridized carbons (Fsp3) is 0.143. The first kappa shape index (κ1) is 13.1. The summed E-state index contributed by atoms with van der Waals surface area (Å²) in [6.07, 6.45) is 0. The van der Waals surface area contributed by atoms with Crippen LogP contribution in [0.1, 0.15) is 17.2 Å². The quantitative estimate of drug-likeness (QED) is 0.674. The lowest BCUT2D eigenvalue weighted by Gasteiger charge is -2.17. The van der Waals surface area contributed by atoms with E-state index in [-0.39, 0.29) is 6.04 Å². The Balaban J connectivity index is 2.32. The van der Waals surface area contributed by atoms with E-state index in [1.54, 1.807) is 7.11 Å². The lowest BCUT2D eigenvalue weighted by Crippen LogP contribution is -2.28. The Morgan fingerprint density at radius 3 is 2.39 bits per heavy atom. The van der Waals surface area contributed by atoms with Gasteiger partial charge >= 0.3 is 0 Å². The van der Waals surface area contributed by atoms with E-state index in [1.165, 1.54) is 0 Å². The summed E-state index contributed by atoms with van der Waals surface area (Å²) in [5, 5.41) is 0. The number of rotatable bonds is 4. The normalized spacial score (nSPS) is 12.2. The van der Waals surface area contributed by atoms with Crippen molar-refractivity contribution in [2.24, 2.45) is 5.84 Å². The number of halogens is 1. The van der Waals surface area contributed by atoms with E-state index in [0.717, 1.165) is 21.3 Å². The zero-order chi connectivity index (χ0) is 13.0. The minimum Gasteiger partial charge on any atom is -0.497 e. The van der Waals surface area contributed by atoms with Gasteiger partial charge in [-0.3, -0.25) is 5.84 Å². The van der Waals surface area contributed by atoms with E-state index in [4.69, 9.17) is 10.6 Å². The number of nitrogens with two attached hydrogens (primary N) is 1. The van der Waals surface area contributed by atoms with Crippen LogP contribution in [0, 0.1) is 0 Å². The highest BCUT2D eigenvalue weighted by Gasteiger charge is 2.12. The second-order valence-corrected chi connectivity index (χ2v) is 4.84. The molecule has 3 N–H and O–H groups in total. The van der Waals surface area contributed by atoms with Gasteiger partial charge in [0.15, 0.2) is 0 Å². The average Bonchev–Trinajstić information content (AvgIpc) is 2.40. The number of hydrogen-bond donors (Lipinski definition) is 2. The number of nitrogens with one attached hydrogen (secondary N) is 1. The van der Waals surface area contributed by atoms with Crippen LogP contribution in [0.5, 0.6) is 5.75 Å². The van der Waals surface area contributed by atoms with Gasteiger partial charge in [0, 0.05) is 4.47 Å². The van der Waals surface area contributed by atoms with Crippen LogP contribution in [0.3, 0.4) is 0 Å². The maximum atomic E-state index is 5.66. The van der Waals surface area contributed by atoms with Gasteiger partial charge in [-0.25, -0.2) is 5.43 Å². The standard InChI is InChI=1S/C14H15BrN2O/c1-18-13-7-5-10(6-8-13)14(17-16)11-3-2-4-12(15)9-11/h2-9,14,17H,16H2,1H3. The topological polar surface area (TPSA) is 47.3 Å². The van der Waals surface area contributed by atoms with Gasteiger partial charge in [-0.1, -0.05) is 40.2 Å². The number of benzene rings is 2. The van der Waals surface area contributed by atoms with Gasteiger partial charge < -0.3 is 4.74 Å². The molecule has 0 amide bonds. The summed E-state index contributed by atoms with van der Waals surface area (Å²) in [6.45, 7) is 0. The Kier molecular flexibility index (Phi) is 4.36. The summed E-state index contributed by atoms with van der Waals surface area (Å²) in [6, 6.07) is 15.9. The molecule has 2 rings (SSSR count). The van der Waals surface area contributed by atoms with Crippen molar-refractivity contribution < 1.29 is 4.74 Å². The second kappa shape index (κ2) is 6.00. The van der Waals surface area contributed by atoms with E-state index in [0.29, 0.717) is 0 Å². The molecule has 0 spiro atoms. The highest BCUT2D eigenvalue weighted by atomic mass is 79.9. The van der Waals surface area contributed by atoms with Gasteiger partial charge in [0.2, 0.25) is 0 Å². The van der Waals surface area contributed by atoms with Crippen molar-refractivity contribution in [3.63, 3.8) is 0 Å². The fourth-order valence-electron chi connectivity index (χ4n) is 1.87. The van der Waals surface area contributed by atoms with Crippen molar-refractivity contribution in [1.82, 2.24) is 5.43 Å². The Morgan fingerprint density at radius 1 is 1.11 bits per heavy atom. The molecule has 0 saturated carbocycles. The molecule has 0 aromatic heterocycles. The lowest BCUT2D eigenvalue weighted by atomic mass is 9.99. The molecule has 0 fully saturated rings. The SMILES string of the molecule is COc1ccc(C(NN)c2cccc(Br)c2)cc1. The van der Waals surface area contributed by atoms with Crippen LogP contribution in [-0.2, 0) is 0 Å². The predicted octanol–water partition coefficient (Wildman–Crippen LogP) is 3.01. The molecular weight excluding hydrogens is 292 g/mol. The van der Waals surface area contributed by atoms with Crippen molar-refractivity contribution >= 4 is 15.9 Å². The monoisotopic (exact) mass is 306 g/mol. The molecule has 94 valence electrons. The van der Waals surface area contributed by atoms with Crippen molar-refractivity contribution in [3.05, 3.63) is 64.1 Å². The van der Waals surface area contributed by atoms with Gasteiger partial charge in [0.25, 0.3) is 0 Å². The summed E-state index contributed by atoms with van der Waals surface area (Å²) in [7, 11) is 1.65. The Labute approximate surface area is 115 Å². The first-order valence-electron chi connectivity index (χ1n) is 5.60. The third-order valence-corrected chi connectivity index (χ3v) is 3.29. The van der Waals surface area contributed by atoms with Gasteiger partial charge in [-0.15, -0.1) is 0 Å². The summed E-state index contributed by atoms with van der Waals surface area (Å²) in [5.41, 5.74) is 5.04.